The SMILES string of the molecule is C=C/C=C(\C=C/C)CN1CCC(C)(/C=C/C(=O)OC(C)(C)C)C1. The zero-order valence-electron chi connectivity index (χ0n) is 15.3. The Morgan fingerprint density at radius 3 is 2.61 bits per heavy atom. The van der Waals surface area contributed by atoms with Crippen LogP contribution in [-0.2, 0) is 9.53 Å². The van der Waals surface area contributed by atoms with Crippen LogP contribution < -0.4 is 0 Å². The van der Waals surface area contributed by atoms with Gasteiger partial charge in [-0.05, 0) is 51.6 Å². The van der Waals surface area contributed by atoms with E-state index in [2.05, 4.69) is 24.5 Å². The topological polar surface area (TPSA) is 29.5 Å². The van der Waals surface area contributed by atoms with Gasteiger partial charge in [0.05, 0.1) is 0 Å². The van der Waals surface area contributed by atoms with Crippen LogP contribution in [0.1, 0.15) is 41.0 Å². The summed E-state index contributed by atoms with van der Waals surface area (Å²) in [5, 5.41) is 0. The van der Waals surface area contributed by atoms with Gasteiger partial charge < -0.3 is 4.74 Å². The summed E-state index contributed by atoms with van der Waals surface area (Å²) >= 11 is 0. The third-order valence-electron chi connectivity index (χ3n) is 3.73. The summed E-state index contributed by atoms with van der Waals surface area (Å²) in [5.74, 6) is -0.265. The zero-order valence-corrected chi connectivity index (χ0v) is 15.3. The third kappa shape index (κ3) is 7.47. The summed E-state index contributed by atoms with van der Waals surface area (Å²) in [6, 6.07) is 0. The molecule has 0 aromatic rings. The second-order valence-corrected chi connectivity index (χ2v) is 7.46. The molecule has 0 aromatic heterocycles. The van der Waals surface area contributed by atoms with E-state index >= 15 is 0 Å². The molecule has 0 spiro atoms. The van der Waals surface area contributed by atoms with Crippen LogP contribution in [0.2, 0.25) is 0 Å². The van der Waals surface area contributed by atoms with E-state index in [1.165, 1.54) is 5.57 Å². The van der Waals surface area contributed by atoms with Crippen LogP contribution in [0, 0.1) is 5.41 Å². The van der Waals surface area contributed by atoms with Crippen molar-refractivity contribution < 1.29 is 9.53 Å². The monoisotopic (exact) mass is 317 g/mol. The summed E-state index contributed by atoms with van der Waals surface area (Å²) in [5.41, 5.74) is 0.829. The van der Waals surface area contributed by atoms with E-state index in [1.54, 1.807) is 6.08 Å². The van der Waals surface area contributed by atoms with Crippen LogP contribution in [-0.4, -0.2) is 36.1 Å². The van der Waals surface area contributed by atoms with Gasteiger partial charge in [0, 0.05) is 19.2 Å². The fourth-order valence-corrected chi connectivity index (χ4v) is 2.74. The van der Waals surface area contributed by atoms with Crippen LogP contribution in [0.25, 0.3) is 0 Å². The van der Waals surface area contributed by atoms with E-state index in [1.807, 2.05) is 52.0 Å². The first-order chi connectivity index (χ1) is 10.7. The van der Waals surface area contributed by atoms with Gasteiger partial charge in [-0.15, -0.1) is 0 Å². The fourth-order valence-electron chi connectivity index (χ4n) is 2.74. The van der Waals surface area contributed by atoms with E-state index in [0.29, 0.717) is 0 Å². The number of carbonyl (C=O) groups is 1. The number of hydrogen-bond acceptors (Lipinski definition) is 3. The van der Waals surface area contributed by atoms with Gasteiger partial charge in [-0.3, -0.25) is 4.90 Å². The molecule has 1 aliphatic rings. The molecule has 0 saturated carbocycles. The van der Waals surface area contributed by atoms with E-state index < -0.39 is 5.60 Å². The minimum absolute atomic E-state index is 0.0200. The molecule has 3 nitrogen and oxygen atoms in total. The van der Waals surface area contributed by atoms with E-state index in [4.69, 9.17) is 4.74 Å². The predicted octanol–water partition coefficient (Wildman–Crippen LogP) is 4.28. The van der Waals surface area contributed by atoms with Crippen molar-refractivity contribution in [3.63, 3.8) is 0 Å². The molecule has 1 atom stereocenters. The molecule has 0 aromatic carbocycles. The van der Waals surface area contributed by atoms with E-state index in [-0.39, 0.29) is 11.4 Å². The Kier molecular flexibility index (Phi) is 7.01. The molecule has 3 heteroatoms. The Bertz CT molecular complexity index is 508. The van der Waals surface area contributed by atoms with Gasteiger partial charge >= 0.3 is 5.97 Å². The summed E-state index contributed by atoms with van der Waals surface area (Å²) in [6.45, 7) is 16.5. The first kappa shape index (κ1) is 19.4. The molecule has 0 N–H and O–H groups in total. The highest BCUT2D eigenvalue weighted by Crippen LogP contribution is 2.32. The highest BCUT2D eigenvalue weighted by molar-refractivity contribution is 5.82. The quantitative estimate of drug-likeness (QED) is 0.416. The summed E-state index contributed by atoms with van der Waals surface area (Å²) in [4.78, 5) is 14.2. The van der Waals surface area contributed by atoms with Crippen molar-refractivity contribution in [2.45, 2.75) is 46.6 Å². The lowest BCUT2D eigenvalue weighted by Crippen LogP contribution is -2.26. The van der Waals surface area contributed by atoms with Gasteiger partial charge in [0.25, 0.3) is 0 Å². The molecule has 0 bridgehead atoms. The van der Waals surface area contributed by atoms with Crippen LogP contribution in [0.4, 0.5) is 0 Å². The Morgan fingerprint density at radius 1 is 1.35 bits per heavy atom. The van der Waals surface area contributed by atoms with Crippen LogP contribution in [0.15, 0.2) is 48.6 Å². The van der Waals surface area contributed by atoms with Crippen molar-refractivity contribution in [1.82, 2.24) is 4.90 Å². The smallest absolute Gasteiger partial charge is 0.330 e. The van der Waals surface area contributed by atoms with Gasteiger partial charge in [-0.2, -0.15) is 0 Å². The number of hydrogen-bond donors (Lipinski definition) is 0. The first-order valence-electron chi connectivity index (χ1n) is 8.26. The highest BCUT2D eigenvalue weighted by atomic mass is 16.6. The Hall–Kier alpha value is -1.61. The molecule has 23 heavy (non-hydrogen) atoms. The summed E-state index contributed by atoms with van der Waals surface area (Å²) in [6.07, 6.45) is 12.7. The van der Waals surface area contributed by atoms with E-state index in [0.717, 1.165) is 26.1 Å². The standard InChI is InChI=1S/C20H31NO2/c1-7-9-17(10-8-2)15-21-14-13-20(6,16-21)12-11-18(22)23-19(3,4)5/h7-12H,1,13-16H2,2-6H3/b10-8-,12-11+,17-9+. The number of likely N-dealkylation sites (tertiary alicyclic amines) is 1. The minimum atomic E-state index is -0.444. The average molecular weight is 317 g/mol. The van der Waals surface area contributed by atoms with Crippen molar-refractivity contribution in [3.05, 3.63) is 48.6 Å². The maximum absolute atomic E-state index is 11.8. The fraction of sp³-hybridized carbons (Fsp3) is 0.550. The van der Waals surface area contributed by atoms with Gasteiger partial charge in [-0.1, -0.05) is 43.9 Å². The number of esters is 1. The number of allylic oxidation sites excluding steroid dienone is 3. The first-order valence-corrected chi connectivity index (χ1v) is 8.26. The largest absolute Gasteiger partial charge is 0.457 e. The lowest BCUT2D eigenvalue weighted by atomic mass is 9.89. The van der Waals surface area contributed by atoms with Crippen molar-refractivity contribution in [3.8, 4) is 0 Å². The molecule has 1 aliphatic heterocycles. The Balaban J connectivity index is 2.62. The molecule has 0 amide bonds. The number of ether oxygens (including phenoxy) is 1. The van der Waals surface area contributed by atoms with Gasteiger partial charge in [0.1, 0.15) is 5.60 Å². The van der Waals surface area contributed by atoms with E-state index in [9.17, 15) is 4.79 Å². The molecular weight excluding hydrogens is 286 g/mol. The van der Waals surface area contributed by atoms with Crippen molar-refractivity contribution in [1.29, 1.82) is 0 Å². The highest BCUT2D eigenvalue weighted by Gasteiger charge is 2.31. The molecule has 0 radical (unpaired) electrons. The number of rotatable bonds is 6. The summed E-state index contributed by atoms with van der Waals surface area (Å²) in [7, 11) is 0. The summed E-state index contributed by atoms with van der Waals surface area (Å²) < 4.78 is 5.33. The molecular formula is C20H31NO2. The molecule has 1 heterocycles. The van der Waals surface area contributed by atoms with Crippen LogP contribution in [0.3, 0.4) is 0 Å². The zero-order chi connectivity index (χ0) is 17.5. The normalized spacial score (nSPS) is 23.8. The number of carbonyl (C=O) groups excluding carboxylic acids is 1. The van der Waals surface area contributed by atoms with Crippen molar-refractivity contribution >= 4 is 5.97 Å². The second kappa shape index (κ2) is 8.30. The average Bonchev–Trinajstić information content (AvgIpc) is 2.77. The van der Waals surface area contributed by atoms with Gasteiger partial charge in [0.15, 0.2) is 0 Å². The molecule has 1 rings (SSSR count). The number of nitrogens with zero attached hydrogens (tertiary/aromatic N) is 1. The maximum Gasteiger partial charge on any atom is 0.330 e. The van der Waals surface area contributed by atoms with Crippen molar-refractivity contribution in [2.24, 2.45) is 5.41 Å². The lowest BCUT2D eigenvalue weighted by molar-refractivity contribution is -0.148. The molecule has 0 aliphatic carbocycles. The predicted molar refractivity (Wildman–Crippen MR) is 97.2 cm³/mol. The Morgan fingerprint density at radius 2 is 2.04 bits per heavy atom. The van der Waals surface area contributed by atoms with Gasteiger partial charge in [-0.25, -0.2) is 4.79 Å². The molecule has 1 unspecified atom stereocenters. The van der Waals surface area contributed by atoms with Crippen LogP contribution >= 0.6 is 0 Å². The third-order valence-corrected chi connectivity index (χ3v) is 3.73. The minimum Gasteiger partial charge on any atom is -0.457 e. The van der Waals surface area contributed by atoms with Crippen molar-refractivity contribution in [2.75, 3.05) is 19.6 Å². The molecule has 1 saturated heterocycles. The van der Waals surface area contributed by atoms with Gasteiger partial charge in [0.2, 0.25) is 0 Å². The molecule has 1 fully saturated rings. The maximum atomic E-state index is 11.8. The Labute approximate surface area is 141 Å². The lowest BCUT2D eigenvalue weighted by Gasteiger charge is -2.22. The van der Waals surface area contributed by atoms with Crippen LogP contribution in [0.5, 0.6) is 0 Å². The second-order valence-electron chi connectivity index (χ2n) is 7.46. The molecule has 128 valence electrons.